The first-order valence-corrected chi connectivity index (χ1v) is 6.63. The van der Waals surface area contributed by atoms with Gasteiger partial charge >= 0.3 is 5.97 Å². The first-order valence-electron chi connectivity index (χ1n) is 6.63. The molecule has 1 N–H and O–H groups in total. The third kappa shape index (κ3) is 5.06. The van der Waals surface area contributed by atoms with Crippen molar-refractivity contribution in [3.05, 3.63) is 60.2 Å². The van der Waals surface area contributed by atoms with E-state index in [0.29, 0.717) is 0 Å². The van der Waals surface area contributed by atoms with Gasteiger partial charge in [-0.05, 0) is 24.3 Å². The Kier molecular flexibility index (Phi) is 5.62. The highest BCUT2D eigenvalue weighted by Crippen LogP contribution is 2.15. The van der Waals surface area contributed by atoms with Crippen LogP contribution in [0.2, 0.25) is 0 Å². The second-order valence-corrected chi connectivity index (χ2v) is 4.41. The van der Waals surface area contributed by atoms with Gasteiger partial charge in [0, 0.05) is 0 Å². The van der Waals surface area contributed by atoms with E-state index >= 15 is 0 Å². The summed E-state index contributed by atoms with van der Waals surface area (Å²) in [7, 11) is 0. The molecule has 23 heavy (non-hydrogen) atoms. The number of esters is 1. The standard InChI is InChI=1S/C16H13F2NO4/c17-11-5-1-3-7-13(11)19-15(20)9-23-16(21)10-22-14-8-4-2-6-12(14)18/h1-8H,9-10H2,(H,19,20). The number of ether oxygens (including phenoxy) is 2. The molecule has 0 atom stereocenters. The number of amides is 1. The third-order valence-electron chi connectivity index (χ3n) is 2.69. The molecule has 7 heteroatoms. The molecule has 0 aliphatic rings. The number of benzene rings is 2. The van der Waals surface area contributed by atoms with E-state index in [-0.39, 0.29) is 11.4 Å². The molecule has 0 saturated heterocycles. The Labute approximate surface area is 130 Å². The molecule has 0 aromatic heterocycles. The molecule has 0 fully saturated rings. The van der Waals surface area contributed by atoms with E-state index in [1.807, 2.05) is 0 Å². The SMILES string of the molecule is O=C(COC(=O)COc1ccccc1F)Nc1ccccc1F. The second-order valence-electron chi connectivity index (χ2n) is 4.41. The number of anilines is 1. The van der Waals surface area contributed by atoms with Crippen molar-refractivity contribution in [2.24, 2.45) is 0 Å². The van der Waals surface area contributed by atoms with Gasteiger partial charge in [-0.1, -0.05) is 24.3 Å². The van der Waals surface area contributed by atoms with Crippen LogP contribution >= 0.6 is 0 Å². The molecule has 0 heterocycles. The maximum Gasteiger partial charge on any atom is 0.344 e. The van der Waals surface area contributed by atoms with Crippen LogP contribution in [-0.2, 0) is 14.3 Å². The summed E-state index contributed by atoms with van der Waals surface area (Å²) in [5, 5.41) is 2.26. The Bertz CT molecular complexity index is 706. The smallest absolute Gasteiger partial charge is 0.344 e. The predicted molar refractivity (Wildman–Crippen MR) is 77.9 cm³/mol. The van der Waals surface area contributed by atoms with Crippen molar-refractivity contribution < 1.29 is 27.8 Å². The lowest BCUT2D eigenvalue weighted by Crippen LogP contribution is -2.24. The zero-order valence-corrected chi connectivity index (χ0v) is 11.9. The summed E-state index contributed by atoms with van der Waals surface area (Å²) in [6, 6.07) is 11.1. The van der Waals surface area contributed by atoms with Gasteiger partial charge in [0.1, 0.15) is 5.82 Å². The molecule has 120 valence electrons. The highest BCUT2D eigenvalue weighted by atomic mass is 19.1. The summed E-state index contributed by atoms with van der Waals surface area (Å²) in [6.07, 6.45) is 0. The molecule has 2 aromatic carbocycles. The molecular formula is C16H13F2NO4. The highest BCUT2D eigenvalue weighted by molar-refractivity contribution is 5.92. The maximum absolute atomic E-state index is 13.3. The van der Waals surface area contributed by atoms with Gasteiger partial charge in [0.25, 0.3) is 5.91 Å². The normalized spacial score (nSPS) is 10.0. The molecule has 0 radical (unpaired) electrons. The fourth-order valence-corrected chi connectivity index (χ4v) is 1.64. The van der Waals surface area contributed by atoms with E-state index in [1.54, 1.807) is 12.1 Å². The average molecular weight is 321 g/mol. The number of hydrogen-bond donors (Lipinski definition) is 1. The van der Waals surface area contributed by atoms with Gasteiger partial charge in [-0.25, -0.2) is 13.6 Å². The predicted octanol–water partition coefficient (Wildman–Crippen LogP) is 2.53. The number of para-hydroxylation sites is 2. The number of carbonyl (C=O) groups is 2. The first-order chi connectivity index (χ1) is 11.1. The quantitative estimate of drug-likeness (QED) is 0.831. The van der Waals surface area contributed by atoms with Crippen LogP contribution in [0, 0.1) is 11.6 Å². The van der Waals surface area contributed by atoms with Gasteiger partial charge in [0.15, 0.2) is 24.8 Å². The molecule has 1 amide bonds. The van der Waals surface area contributed by atoms with Crippen LogP contribution in [0.5, 0.6) is 5.75 Å². The Morgan fingerprint density at radius 1 is 0.913 bits per heavy atom. The van der Waals surface area contributed by atoms with Crippen molar-refractivity contribution in [1.82, 2.24) is 0 Å². The van der Waals surface area contributed by atoms with Gasteiger partial charge < -0.3 is 14.8 Å². The van der Waals surface area contributed by atoms with Gasteiger partial charge in [-0.2, -0.15) is 0 Å². The fraction of sp³-hybridized carbons (Fsp3) is 0.125. The maximum atomic E-state index is 13.3. The van der Waals surface area contributed by atoms with E-state index in [1.165, 1.54) is 36.4 Å². The number of nitrogens with one attached hydrogen (secondary N) is 1. The summed E-state index contributed by atoms with van der Waals surface area (Å²) in [5.74, 6) is -2.86. The van der Waals surface area contributed by atoms with Crippen LogP contribution in [-0.4, -0.2) is 25.1 Å². The largest absolute Gasteiger partial charge is 0.479 e. The monoisotopic (exact) mass is 321 g/mol. The molecule has 0 bridgehead atoms. The molecule has 0 aliphatic heterocycles. The molecular weight excluding hydrogens is 308 g/mol. The van der Waals surface area contributed by atoms with Gasteiger partial charge in [0.05, 0.1) is 5.69 Å². The van der Waals surface area contributed by atoms with Crippen LogP contribution in [0.3, 0.4) is 0 Å². The highest BCUT2D eigenvalue weighted by Gasteiger charge is 2.11. The van der Waals surface area contributed by atoms with Crippen molar-refractivity contribution in [2.45, 2.75) is 0 Å². The lowest BCUT2D eigenvalue weighted by atomic mass is 10.3. The van der Waals surface area contributed by atoms with E-state index in [0.717, 1.165) is 0 Å². The number of halogens is 2. The van der Waals surface area contributed by atoms with Crippen LogP contribution in [0.15, 0.2) is 48.5 Å². The fourth-order valence-electron chi connectivity index (χ4n) is 1.64. The summed E-state index contributed by atoms with van der Waals surface area (Å²) in [4.78, 5) is 23.0. The van der Waals surface area contributed by atoms with Crippen molar-refractivity contribution >= 4 is 17.6 Å². The molecule has 0 unspecified atom stereocenters. The van der Waals surface area contributed by atoms with Crippen LogP contribution in [0.4, 0.5) is 14.5 Å². The molecule has 2 rings (SSSR count). The van der Waals surface area contributed by atoms with Crippen molar-refractivity contribution in [3.63, 3.8) is 0 Å². The topological polar surface area (TPSA) is 64.6 Å². The molecule has 5 nitrogen and oxygen atoms in total. The number of carbonyl (C=O) groups excluding carboxylic acids is 2. The van der Waals surface area contributed by atoms with Crippen molar-refractivity contribution in [3.8, 4) is 5.75 Å². The minimum atomic E-state index is -0.850. The van der Waals surface area contributed by atoms with Crippen LogP contribution in [0.25, 0.3) is 0 Å². The van der Waals surface area contributed by atoms with Crippen molar-refractivity contribution in [1.29, 1.82) is 0 Å². The zero-order valence-electron chi connectivity index (χ0n) is 11.9. The van der Waals surface area contributed by atoms with E-state index in [2.05, 4.69) is 10.1 Å². The minimum Gasteiger partial charge on any atom is -0.479 e. The average Bonchev–Trinajstić information content (AvgIpc) is 2.54. The zero-order chi connectivity index (χ0) is 16.7. The molecule has 0 saturated carbocycles. The Morgan fingerprint density at radius 3 is 2.26 bits per heavy atom. The minimum absolute atomic E-state index is 0.0174. The van der Waals surface area contributed by atoms with Gasteiger partial charge in [0.2, 0.25) is 0 Å². The van der Waals surface area contributed by atoms with E-state index < -0.39 is 36.7 Å². The van der Waals surface area contributed by atoms with Crippen molar-refractivity contribution in [2.75, 3.05) is 18.5 Å². The van der Waals surface area contributed by atoms with E-state index in [9.17, 15) is 18.4 Å². The van der Waals surface area contributed by atoms with E-state index in [4.69, 9.17) is 4.74 Å². The third-order valence-corrected chi connectivity index (χ3v) is 2.69. The Hall–Kier alpha value is -2.96. The summed E-state index contributed by atoms with van der Waals surface area (Å²) >= 11 is 0. The lowest BCUT2D eigenvalue weighted by Gasteiger charge is -2.08. The second kappa shape index (κ2) is 7.88. The van der Waals surface area contributed by atoms with Gasteiger partial charge in [-0.15, -0.1) is 0 Å². The number of rotatable bonds is 6. The summed E-state index contributed by atoms with van der Waals surface area (Å²) < 4.78 is 36.2. The van der Waals surface area contributed by atoms with Crippen LogP contribution in [0.1, 0.15) is 0 Å². The number of hydrogen-bond acceptors (Lipinski definition) is 4. The van der Waals surface area contributed by atoms with Crippen LogP contribution < -0.4 is 10.1 Å². The summed E-state index contributed by atoms with van der Waals surface area (Å²) in [6.45, 7) is -1.15. The molecule has 2 aromatic rings. The molecule has 0 aliphatic carbocycles. The Morgan fingerprint density at radius 2 is 1.57 bits per heavy atom. The lowest BCUT2D eigenvalue weighted by molar-refractivity contribution is -0.149. The Balaban J connectivity index is 1.75. The summed E-state index contributed by atoms with van der Waals surface area (Å²) in [5.41, 5.74) is -0.0174. The van der Waals surface area contributed by atoms with Gasteiger partial charge in [-0.3, -0.25) is 4.79 Å². The molecule has 0 spiro atoms. The first kappa shape index (κ1) is 16.4.